The van der Waals surface area contributed by atoms with E-state index in [9.17, 15) is 8.42 Å². The van der Waals surface area contributed by atoms with Gasteiger partial charge in [0.2, 0.25) is 0 Å². The van der Waals surface area contributed by atoms with Crippen LogP contribution in [0.3, 0.4) is 0 Å². The van der Waals surface area contributed by atoms with Gasteiger partial charge in [0.05, 0.1) is 0 Å². The number of rotatable bonds is 5. The molecular formula is C9H20N2O3S. The molecule has 90 valence electrons. The van der Waals surface area contributed by atoms with Crippen molar-refractivity contribution in [2.24, 2.45) is 5.92 Å². The maximum absolute atomic E-state index is 11.7. The molecule has 1 rings (SSSR count). The normalized spacial score (nSPS) is 20.7. The molecule has 1 heterocycles. The van der Waals surface area contributed by atoms with Gasteiger partial charge in [-0.15, -0.1) is 0 Å². The second kappa shape index (κ2) is 5.79. The van der Waals surface area contributed by atoms with Crippen LogP contribution in [0.15, 0.2) is 0 Å². The maximum atomic E-state index is 11.7. The third kappa shape index (κ3) is 4.06. The predicted molar refractivity (Wildman–Crippen MR) is 58.6 cm³/mol. The molecule has 0 atom stereocenters. The number of nitrogens with one attached hydrogen (secondary N) is 1. The molecule has 0 amide bonds. The summed E-state index contributed by atoms with van der Waals surface area (Å²) < 4.78 is 27.4. The van der Waals surface area contributed by atoms with Crippen LogP contribution in [0.5, 0.6) is 0 Å². The molecule has 1 aliphatic heterocycles. The molecule has 5 nitrogen and oxygen atoms in total. The molecule has 0 aromatic carbocycles. The third-order valence-electron chi connectivity index (χ3n) is 2.70. The highest BCUT2D eigenvalue weighted by atomic mass is 32.2. The lowest BCUT2D eigenvalue weighted by Crippen LogP contribution is -2.45. The van der Waals surface area contributed by atoms with Gasteiger partial charge in [-0.3, -0.25) is 0 Å². The fourth-order valence-corrected chi connectivity index (χ4v) is 2.87. The van der Waals surface area contributed by atoms with Gasteiger partial charge in [-0.2, -0.15) is 12.7 Å². The first-order valence-corrected chi connectivity index (χ1v) is 6.86. The molecule has 0 aliphatic carbocycles. The van der Waals surface area contributed by atoms with Crippen molar-refractivity contribution in [3.63, 3.8) is 0 Å². The zero-order valence-corrected chi connectivity index (χ0v) is 9.96. The van der Waals surface area contributed by atoms with Crippen LogP contribution in [0.1, 0.15) is 26.2 Å². The Hall–Kier alpha value is -0.170. The SMILES string of the molecule is CC1CCN(S(=O)(=O)NCCCO)CC1. The Labute approximate surface area is 91.7 Å². The minimum atomic E-state index is -3.31. The van der Waals surface area contributed by atoms with Crippen molar-refractivity contribution in [3.8, 4) is 0 Å². The van der Waals surface area contributed by atoms with Crippen molar-refractivity contribution >= 4 is 10.2 Å². The standard InChI is InChI=1S/C9H20N2O3S/c1-9-3-6-11(7-4-9)15(13,14)10-5-2-8-12/h9-10,12H,2-8H2,1H3. The van der Waals surface area contributed by atoms with E-state index in [2.05, 4.69) is 11.6 Å². The van der Waals surface area contributed by atoms with Crippen LogP contribution < -0.4 is 4.72 Å². The van der Waals surface area contributed by atoms with Gasteiger partial charge in [0.15, 0.2) is 0 Å². The molecule has 0 aromatic rings. The fourth-order valence-electron chi connectivity index (χ4n) is 1.60. The van der Waals surface area contributed by atoms with Crippen LogP contribution in [0.25, 0.3) is 0 Å². The largest absolute Gasteiger partial charge is 0.396 e. The van der Waals surface area contributed by atoms with Gasteiger partial charge < -0.3 is 5.11 Å². The van der Waals surface area contributed by atoms with Gasteiger partial charge in [-0.1, -0.05) is 6.92 Å². The second-order valence-electron chi connectivity index (χ2n) is 4.06. The molecule has 1 saturated heterocycles. The predicted octanol–water partition coefficient (Wildman–Crippen LogP) is -0.0649. The molecule has 2 N–H and O–H groups in total. The highest BCUT2D eigenvalue weighted by Gasteiger charge is 2.25. The Kier molecular flexibility index (Phi) is 4.98. The second-order valence-corrected chi connectivity index (χ2v) is 5.81. The van der Waals surface area contributed by atoms with Crippen LogP contribution in [0.4, 0.5) is 0 Å². The summed E-state index contributed by atoms with van der Waals surface area (Å²) in [6, 6.07) is 0. The van der Waals surface area contributed by atoms with E-state index in [1.807, 2.05) is 0 Å². The first-order chi connectivity index (χ1) is 7.06. The molecule has 0 spiro atoms. The maximum Gasteiger partial charge on any atom is 0.279 e. The molecule has 6 heteroatoms. The quantitative estimate of drug-likeness (QED) is 0.657. The summed E-state index contributed by atoms with van der Waals surface area (Å²) in [5, 5.41) is 8.56. The minimum Gasteiger partial charge on any atom is -0.396 e. The number of hydrogen-bond donors (Lipinski definition) is 2. The lowest BCUT2D eigenvalue weighted by atomic mass is 10.0. The monoisotopic (exact) mass is 236 g/mol. The molecule has 0 saturated carbocycles. The number of piperidine rings is 1. The highest BCUT2D eigenvalue weighted by molar-refractivity contribution is 7.87. The van der Waals surface area contributed by atoms with E-state index in [1.54, 1.807) is 0 Å². The smallest absolute Gasteiger partial charge is 0.279 e. The zero-order valence-electron chi connectivity index (χ0n) is 9.15. The van der Waals surface area contributed by atoms with Crippen molar-refractivity contribution in [2.75, 3.05) is 26.2 Å². The summed E-state index contributed by atoms with van der Waals surface area (Å²) in [5.41, 5.74) is 0. The Bertz CT molecular complexity index is 271. The van der Waals surface area contributed by atoms with Gasteiger partial charge in [0.1, 0.15) is 0 Å². The van der Waals surface area contributed by atoms with E-state index in [4.69, 9.17) is 5.11 Å². The molecule has 15 heavy (non-hydrogen) atoms. The first kappa shape index (κ1) is 12.9. The van der Waals surface area contributed by atoms with Gasteiger partial charge >= 0.3 is 0 Å². The number of aliphatic hydroxyl groups excluding tert-OH is 1. The minimum absolute atomic E-state index is 0.0134. The van der Waals surface area contributed by atoms with Crippen molar-refractivity contribution in [2.45, 2.75) is 26.2 Å². The van der Waals surface area contributed by atoms with Gasteiger partial charge in [-0.05, 0) is 25.2 Å². The van der Waals surface area contributed by atoms with Gasteiger partial charge in [-0.25, -0.2) is 4.72 Å². The molecule has 0 radical (unpaired) electrons. The summed E-state index contributed by atoms with van der Waals surface area (Å²) in [6.45, 7) is 3.68. The third-order valence-corrected chi connectivity index (χ3v) is 4.32. The van der Waals surface area contributed by atoms with Crippen LogP contribution in [0, 0.1) is 5.92 Å². The van der Waals surface area contributed by atoms with E-state index >= 15 is 0 Å². The van der Waals surface area contributed by atoms with Crippen LogP contribution in [0.2, 0.25) is 0 Å². The molecular weight excluding hydrogens is 216 g/mol. The number of hydrogen-bond acceptors (Lipinski definition) is 3. The lowest BCUT2D eigenvalue weighted by Gasteiger charge is -2.29. The Morgan fingerprint density at radius 1 is 1.40 bits per heavy atom. The van der Waals surface area contributed by atoms with Crippen molar-refractivity contribution < 1.29 is 13.5 Å². The zero-order chi connectivity index (χ0) is 11.3. The van der Waals surface area contributed by atoms with E-state index in [1.165, 1.54) is 4.31 Å². The Morgan fingerprint density at radius 2 is 2.00 bits per heavy atom. The van der Waals surface area contributed by atoms with Crippen molar-refractivity contribution in [1.29, 1.82) is 0 Å². The first-order valence-electron chi connectivity index (χ1n) is 5.42. The lowest BCUT2D eigenvalue weighted by molar-refractivity contribution is 0.279. The van der Waals surface area contributed by atoms with E-state index in [-0.39, 0.29) is 6.61 Å². The van der Waals surface area contributed by atoms with Gasteiger partial charge in [0, 0.05) is 26.2 Å². The summed E-state index contributed by atoms with van der Waals surface area (Å²) in [6.07, 6.45) is 2.32. The summed E-state index contributed by atoms with van der Waals surface area (Å²) in [4.78, 5) is 0. The van der Waals surface area contributed by atoms with E-state index in [0.29, 0.717) is 32.0 Å². The fraction of sp³-hybridized carbons (Fsp3) is 1.00. The molecule has 0 unspecified atom stereocenters. The molecule has 0 aromatic heterocycles. The average molecular weight is 236 g/mol. The van der Waals surface area contributed by atoms with Crippen LogP contribution in [-0.2, 0) is 10.2 Å². The summed E-state index contributed by atoms with van der Waals surface area (Å²) >= 11 is 0. The van der Waals surface area contributed by atoms with E-state index < -0.39 is 10.2 Å². The van der Waals surface area contributed by atoms with Gasteiger partial charge in [0.25, 0.3) is 10.2 Å². The van der Waals surface area contributed by atoms with Crippen LogP contribution in [-0.4, -0.2) is 44.1 Å². The summed E-state index contributed by atoms with van der Waals surface area (Å²) in [7, 11) is -3.31. The average Bonchev–Trinajstić information content (AvgIpc) is 2.18. The topological polar surface area (TPSA) is 69.6 Å². The molecule has 1 fully saturated rings. The van der Waals surface area contributed by atoms with Crippen molar-refractivity contribution in [3.05, 3.63) is 0 Å². The number of aliphatic hydroxyl groups is 1. The number of nitrogens with zero attached hydrogens (tertiary/aromatic N) is 1. The van der Waals surface area contributed by atoms with Crippen molar-refractivity contribution in [1.82, 2.24) is 9.03 Å². The Balaban J connectivity index is 2.40. The molecule has 1 aliphatic rings. The highest BCUT2D eigenvalue weighted by Crippen LogP contribution is 2.17. The summed E-state index contributed by atoms with van der Waals surface area (Å²) in [5.74, 6) is 0.619. The van der Waals surface area contributed by atoms with E-state index in [0.717, 1.165) is 12.8 Å². The van der Waals surface area contributed by atoms with Crippen LogP contribution >= 0.6 is 0 Å². The Morgan fingerprint density at radius 3 is 2.53 bits per heavy atom. The molecule has 0 bridgehead atoms.